The molecule has 0 saturated carbocycles. The van der Waals surface area contributed by atoms with Crippen LogP contribution in [0.15, 0.2) is 164 Å². The molecule has 58 heavy (non-hydrogen) atoms. The van der Waals surface area contributed by atoms with Gasteiger partial charge >= 0.3 is 0 Å². The van der Waals surface area contributed by atoms with E-state index in [1.807, 2.05) is 75.9 Å². The van der Waals surface area contributed by atoms with Crippen molar-refractivity contribution in [2.24, 2.45) is 0 Å². The molecule has 8 nitrogen and oxygen atoms in total. The number of imidazole rings is 2. The summed E-state index contributed by atoms with van der Waals surface area (Å²) in [5, 5.41) is 10.8. The van der Waals surface area contributed by atoms with E-state index in [0.717, 1.165) is 39.1 Å². The Morgan fingerprint density at radius 1 is 0.517 bits per heavy atom. The van der Waals surface area contributed by atoms with E-state index in [0.29, 0.717) is 17.1 Å². The van der Waals surface area contributed by atoms with Crippen molar-refractivity contribution in [1.82, 2.24) is 29.5 Å². The summed E-state index contributed by atoms with van der Waals surface area (Å²) in [7, 11) is 0. The van der Waals surface area contributed by atoms with Gasteiger partial charge in [0, 0.05) is 37.9 Å². The number of hydrogen-bond donors (Lipinski definition) is 0. The van der Waals surface area contributed by atoms with Crippen LogP contribution in [-0.2, 0) is 20.1 Å². The molecular weight excluding hydrogens is 921 g/mol. The van der Waals surface area contributed by atoms with Gasteiger partial charge in [-0.25, -0.2) is 8.78 Å². The molecule has 0 aliphatic rings. The van der Waals surface area contributed by atoms with E-state index in [1.54, 1.807) is 57.9 Å². The minimum Gasteiger partial charge on any atom is -0.358 e. The summed E-state index contributed by atoms with van der Waals surface area (Å²) in [5.74, 6) is -1.25. The number of benzene rings is 6. The first-order chi connectivity index (χ1) is 27.9. The molecule has 4 heterocycles. The summed E-state index contributed by atoms with van der Waals surface area (Å²) in [6.07, 6.45) is 9.73. The number of pyridine rings is 1. The quantitative estimate of drug-likeness (QED) is 0.0996. The van der Waals surface area contributed by atoms with Gasteiger partial charge in [0.15, 0.2) is 0 Å². The zero-order valence-corrected chi connectivity index (χ0v) is 32.4. The maximum absolute atomic E-state index is 13.2. The summed E-state index contributed by atoms with van der Waals surface area (Å²) in [5.41, 5.74) is 8.11. The zero-order valence-electron chi connectivity index (χ0n) is 30.0. The Labute approximate surface area is 343 Å². The van der Waals surface area contributed by atoms with Gasteiger partial charge < -0.3 is 19.3 Å². The average Bonchev–Trinajstić information content (AvgIpc) is 4.02. The summed E-state index contributed by atoms with van der Waals surface area (Å²) in [4.78, 5) is 4.08. The number of hydrogen-bond acceptors (Lipinski definition) is 3. The Kier molecular flexibility index (Phi) is 12.0. The van der Waals surface area contributed by atoms with Gasteiger partial charge in [-0.1, -0.05) is 60.8 Å². The third-order valence-corrected chi connectivity index (χ3v) is 8.61. The van der Waals surface area contributed by atoms with Gasteiger partial charge in [0.25, 0.3) is 12.7 Å². The van der Waals surface area contributed by atoms with E-state index in [4.69, 9.17) is 0 Å². The minimum atomic E-state index is -0.336. The SMILES string of the molecule is Fc1c[c-]c(-n2[c-][n+](-c3ccc(F)cc3)c3ccccc32)cc1.Fc1c[c-]c(-n2[c-][n+](-c3ccc(F)cc3)c3ccccc32)cc1.[Ir].c1ccc(-c2cnn[n-]2)nc1. The maximum Gasteiger partial charge on any atom is 0.268 e. The van der Waals surface area contributed by atoms with Crippen molar-refractivity contribution >= 4 is 22.1 Å². The van der Waals surface area contributed by atoms with Gasteiger partial charge in [0.1, 0.15) is 11.6 Å². The van der Waals surface area contributed by atoms with Crippen molar-refractivity contribution in [1.29, 1.82) is 0 Å². The predicted molar refractivity (Wildman–Crippen MR) is 203 cm³/mol. The molecule has 4 aromatic heterocycles. The number of nitrogens with zero attached hydrogens (tertiary/aromatic N) is 8. The number of aromatic nitrogens is 8. The van der Waals surface area contributed by atoms with E-state index < -0.39 is 0 Å². The second-order valence-corrected chi connectivity index (χ2v) is 12.3. The van der Waals surface area contributed by atoms with E-state index >= 15 is 0 Å². The average molecular weight is 948 g/mol. The van der Waals surface area contributed by atoms with Gasteiger partial charge in [0.2, 0.25) is 0 Å². The fourth-order valence-corrected chi connectivity index (χ4v) is 5.93. The molecule has 10 rings (SSSR count). The van der Waals surface area contributed by atoms with Crippen LogP contribution in [0, 0.1) is 48.1 Å². The van der Waals surface area contributed by atoms with Gasteiger partial charge in [-0.3, -0.25) is 28.1 Å². The summed E-state index contributed by atoms with van der Waals surface area (Å²) in [6, 6.07) is 48.0. The standard InChI is InChI=1S/2C19H11F2N2.C7H5N4.Ir/c2*20-14-5-9-16(10-6-14)22-13-23(17-11-7-15(21)8-12-17)19-4-2-1-3-18(19)22;1-2-4-8-6(3-1)7-5-9-11-10-7;/h2*1-11H;1-5H;/q3*-1;. The topological polar surface area (TPSA) is 70.4 Å². The smallest absolute Gasteiger partial charge is 0.268 e. The molecule has 0 amide bonds. The third kappa shape index (κ3) is 8.66. The third-order valence-electron chi connectivity index (χ3n) is 8.61. The normalized spacial score (nSPS) is 10.6. The Bertz CT molecular complexity index is 2540. The van der Waals surface area contributed by atoms with Crippen LogP contribution in [0.4, 0.5) is 17.6 Å². The summed E-state index contributed by atoms with van der Waals surface area (Å²) in [6.45, 7) is 0. The molecule has 0 N–H and O–H groups in total. The zero-order chi connectivity index (χ0) is 39.1. The first kappa shape index (κ1) is 39.2. The van der Waals surface area contributed by atoms with E-state index in [1.165, 1.54) is 48.5 Å². The van der Waals surface area contributed by atoms with E-state index in [9.17, 15) is 17.6 Å². The Morgan fingerprint density at radius 2 is 0.983 bits per heavy atom. The first-order valence-corrected chi connectivity index (χ1v) is 17.4. The second-order valence-electron chi connectivity index (χ2n) is 12.3. The first-order valence-electron chi connectivity index (χ1n) is 17.4. The fraction of sp³-hybridized carbons (Fsp3) is 0. The number of fused-ring (bicyclic) bond motifs is 2. The predicted octanol–water partition coefficient (Wildman–Crippen LogP) is 8.06. The van der Waals surface area contributed by atoms with Crippen molar-refractivity contribution in [2.75, 3.05) is 0 Å². The van der Waals surface area contributed by atoms with Crippen LogP contribution < -0.4 is 14.2 Å². The van der Waals surface area contributed by atoms with Crippen LogP contribution in [0.5, 0.6) is 0 Å². The van der Waals surface area contributed by atoms with Crippen LogP contribution in [0.25, 0.3) is 56.2 Å². The van der Waals surface area contributed by atoms with Crippen molar-refractivity contribution in [3.05, 3.63) is 212 Å². The molecule has 10 aromatic rings. The van der Waals surface area contributed by atoms with Gasteiger partial charge in [-0.15, -0.1) is 24.3 Å². The van der Waals surface area contributed by atoms with E-state index in [-0.39, 0.29) is 43.4 Å². The molecule has 0 aliphatic heterocycles. The fourth-order valence-electron chi connectivity index (χ4n) is 5.93. The summed E-state index contributed by atoms with van der Waals surface area (Å²) < 4.78 is 59.9. The number of para-hydroxylation sites is 4. The molecule has 0 aliphatic carbocycles. The molecule has 6 aromatic carbocycles. The maximum atomic E-state index is 13.2. The number of rotatable bonds is 5. The number of halogens is 4. The second kappa shape index (κ2) is 17.8. The molecule has 0 atom stereocenters. The molecule has 13 heteroatoms. The van der Waals surface area contributed by atoms with Crippen LogP contribution in [0.3, 0.4) is 0 Å². The van der Waals surface area contributed by atoms with Crippen LogP contribution in [-0.4, -0.2) is 24.4 Å². The van der Waals surface area contributed by atoms with E-state index in [2.05, 4.69) is 45.2 Å². The largest absolute Gasteiger partial charge is 0.358 e. The molecule has 1 radical (unpaired) electrons. The van der Waals surface area contributed by atoms with Crippen molar-refractivity contribution in [3.63, 3.8) is 0 Å². The molecular formula is C45H27F4IrN8-3. The van der Waals surface area contributed by atoms with Crippen molar-refractivity contribution in [3.8, 4) is 34.1 Å². The van der Waals surface area contributed by atoms with Crippen LogP contribution in [0.2, 0.25) is 0 Å². The Morgan fingerprint density at radius 3 is 1.40 bits per heavy atom. The molecule has 0 spiro atoms. The molecule has 0 fully saturated rings. The minimum absolute atomic E-state index is 0. The van der Waals surface area contributed by atoms with Gasteiger partial charge in [-0.05, 0) is 77.7 Å². The van der Waals surface area contributed by atoms with Crippen molar-refractivity contribution < 1.29 is 46.8 Å². The Balaban J connectivity index is 0.000000139. The van der Waals surface area contributed by atoms with Crippen molar-refractivity contribution in [2.45, 2.75) is 0 Å². The Hall–Kier alpha value is -7.08. The van der Waals surface area contributed by atoms with Gasteiger partial charge in [0.05, 0.1) is 39.1 Å². The van der Waals surface area contributed by atoms with Gasteiger partial charge in [-0.2, -0.15) is 24.3 Å². The molecule has 0 unspecified atom stereocenters. The monoisotopic (exact) mass is 948 g/mol. The van der Waals surface area contributed by atoms with Crippen LogP contribution in [0.1, 0.15) is 0 Å². The van der Waals surface area contributed by atoms with Crippen LogP contribution >= 0.6 is 0 Å². The summed E-state index contributed by atoms with van der Waals surface area (Å²) >= 11 is 0. The molecule has 287 valence electrons. The molecule has 0 bridgehead atoms. The molecule has 0 saturated heterocycles.